The van der Waals surface area contributed by atoms with Gasteiger partial charge < -0.3 is 14.2 Å². The van der Waals surface area contributed by atoms with E-state index in [4.69, 9.17) is 14.2 Å². The largest absolute Gasteiger partial charge is 0.462 e. The normalized spacial score (nSPS) is 12.9. The van der Waals surface area contributed by atoms with Crippen molar-refractivity contribution >= 4 is 11.9 Å². The molecule has 0 aliphatic heterocycles. The summed E-state index contributed by atoms with van der Waals surface area (Å²) in [5.41, 5.74) is 0. The van der Waals surface area contributed by atoms with Gasteiger partial charge >= 0.3 is 11.9 Å². The number of allylic oxidation sites excluding steroid dienone is 12. The Kier molecular flexibility index (Phi) is 42.5. The Bertz CT molecular complexity index is 988. The molecule has 0 amide bonds. The van der Waals surface area contributed by atoms with Gasteiger partial charge in [0.15, 0.2) is 6.10 Å². The Labute approximate surface area is 334 Å². The van der Waals surface area contributed by atoms with Gasteiger partial charge in [0.2, 0.25) is 0 Å². The molecule has 0 saturated carbocycles. The van der Waals surface area contributed by atoms with Crippen LogP contribution in [0.3, 0.4) is 0 Å². The van der Waals surface area contributed by atoms with Crippen LogP contribution in [-0.2, 0) is 23.8 Å². The van der Waals surface area contributed by atoms with E-state index in [0.29, 0.717) is 19.4 Å². The van der Waals surface area contributed by atoms with Crippen molar-refractivity contribution < 1.29 is 23.8 Å². The molecule has 1 atom stereocenters. The number of carbonyl (C=O) groups excluding carboxylic acids is 2. The van der Waals surface area contributed by atoms with Gasteiger partial charge in [0, 0.05) is 19.4 Å². The molecule has 0 spiro atoms. The quantitative estimate of drug-likeness (QED) is 0.0354. The van der Waals surface area contributed by atoms with Crippen molar-refractivity contribution in [2.45, 2.75) is 207 Å². The summed E-state index contributed by atoms with van der Waals surface area (Å²) in [6.45, 7) is 7.56. The van der Waals surface area contributed by atoms with Crippen LogP contribution in [0.25, 0.3) is 0 Å². The number of ether oxygens (including phenoxy) is 3. The first-order chi connectivity index (χ1) is 26.6. The number of unbranched alkanes of at least 4 members (excludes halogenated alkanes) is 17. The van der Waals surface area contributed by atoms with Gasteiger partial charge in [-0.2, -0.15) is 0 Å². The molecule has 0 N–H and O–H groups in total. The molecule has 0 aromatic rings. The first-order valence-corrected chi connectivity index (χ1v) is 22.5. The fourth-order valence-corrected chi connectivity index (χ4v) is 5.89. The van der Waals surface area contributed by atoms with Crippen LogP contribution in [0.4, 0.5) is 0 Å². The van der Waals surface area contributed by atoms with Crippen LogP contribution in [0.1, 0.15) is 201 Å². The SMILES string of the molecule is CC/C=C\C/C=C\C/C=C\C/C=C\CCCCCCC(=O)OCC(COCCCCCCCC/C=C\C/C=C\CCC)OC(=O)CCCCCCCCC. The van der Waals surface area contributed by atoms with E-state index in [-0.39, 0.29) is 25.2 Å². The standard InChI is InChI=1S/C49H84O5/c1-4-7-10-13-16-18-20-22-24-25-26-27-29-31-34-36-39-42-48(50)53-46-47(54-49(51)43-40-37-33-15-12-9-6-3)45-52-44-41-38-35-32-30-28-23-21-19-17-14-11-8-5-2/h7,10-11,14,16,18-19,21-22,24,26-27,47H,4-6,8-9,12-13,15,17,20,23,25,28-46H2,1-3H3/b10-7-,14-11-,18-16-,21-19-,24-22-,27-26-. The zero-order valence-corrected chi connectivity index (χ0v) is 35.5. The van der Waals surface area contributed by atoms with Gasteiger partial charge in [-0.25, -0.2) is 0 Å². The fraction of sp³-hybridized carbons (Fsp3) is 0.714. The third kappa shape index (κ3) is 42.1. The lowest BCUT2D eigenvalue weighted by Crippen LogP contribution is -2.30. The van der Waals surface area contributed by atoms with Crippen LogP contribution >= 0.6 is 0 Å². The topological polar surface area (TPSA) is 61.8 Å². The van der Waals surface area contributed by atoms with Crippen molar-refractivity contribution in [3.05, 3.63) is 72.9 Å². The van der Waals surface area contributed by atoms with Crippen molar-refractivity contribution in [2.75, 3.05) is 19.8 Å². The molecule has 1 unspecified atom stereocenters. The molecule has 0 aromatic heterocycles. The summed E-state index contributed by atoms with van der Waals surface area (Å²) >= 11 is 0. The molecule has 0 rings (SSSR count). The Morgan fingerprint density at radius 2 is 0.870 bits per heavy atom. The van der Waals surface area contributed by atoms with Crippen molar-refractivity contribution in [1.29, 1.82) is 0 Å². The Balaban J connectivity index is 4.22. The minimum Gasteiger partial charge on any atom is -0.462 e. The van der Waals surface area contributed by atoms with E-state index in [1.54, 1.807) is 0 Å². The van der Waals surface area contributed by atoms with Crippen molar-refractivity contribution in [3.63, 3.8) is 0 Å². The zero-order chi connectivity index (χ0) is 39.3. The summed E-state index contributed by atoms with van der Waals surface area (Å²) in [6.07, 6.45) is 56.2. The number of hydrogen-bond donors (Lipinski definition) is 0. The third-order valence-corrected chi connectivity index (χ3v) is 9.21. The van der Waals surface area contributed by atoms with E-state index >= 15 is 0 Å². The Morgan fingerprint density at radius 3 is 1.41 bits per heavy atom. The van der Waals surface area contributed by atoms with Crippen LogP contribution in [0.5, 0.6) is 0 Å². The Hall–Kier alpha value is -2.66. The second-order valence-corrected chi connectivity index (χ2v) is 14.6. The molecule has 0 heterocycles. The summed E-state index contributed by atoms with van der Waals surface area (Å²) in [4.78, 5) is 25.1. The lowest BCUT2D eigenvalue weighted by atomic mass is 10.1. The van der Waals surface area contributed by atoms with Gasteiger partial charge in [-0.1, -0.05) is 177 Å². The first-order valence-electron chi connectivity index (χ1n) is 22.5. The molecule has 0 fully saturated rings. The van der Waals surface area contributed by atoms with Crippen molar-refractivity contribution in [3.8, 4) is 0 Å². The molecule has 0 aromatic carbocycles. The average molecular weight is 753 g/mol. The van der Waals surface area contributed by atoms with E-state index in [1.165, 1.54) is 70.6 Å². The van der Waals surface area contributed by atoms with Gasteiger partial charge in [0.05, 0.1) is 6.61 Å². The second kappa shape index (κ2) is 44.7. The van der Waals surface area contributed by atoms with Crippen LogP contribution < -0.4 is 0 Å². The van der Waals surface area contributed by atoms with Gasteiger partial charge in [0.25, 0.3) is 0 Å². The highest BCUT2D eigenvalue weighted by molar-refractivity contribution is 5.70. The molecule has 0 bridgehead atoms. The predicted molar refractivity (Wildman–Crippen MR) is 233 cm³/mol. The highest BCUT2D eigenvalue weighted by Gasteiger charge is 2.17. The van der Waals surface area contributed by atoms with Crippen molar-refractivity contribution in [2.24, 2.45) is 0 Å². The maximum atomic E-state index is 12.6. The van der Waals surface area contributed by atoms with Crippen LogP contribution in [0.15, 0.2) is 72.9 Å². The monoisotopic (exact) mass is 753 g/mol. The van der Waals surface area contributed by atoms with Crippen LogP contribution in [-0.4, -0.2) is 37.9 Å². The molecule has 54 heavy (non-hydrogen) atoms. The van der Waals surface area contributed by atoms with Crippen LogP contribution in [0, 0.1) is 0 Å². The molecular formula is C49H84O5. The smallest absolute Gasteiger partial charge is 0.306 e. The summed E-state index contributed by atoms with van der Waals surface area (Å²) in [5, 5.41) is 0. The van der Waals surface area contributed by atoms with Gasteiger partial charge in [-0.15, -0.1) is 0 Å². The summed E-state index contributed by atoms with van der Waals surface area (Å²) in [5.74, 6) is -0.439. The summed E-state index contributed by atoms with van der Waals surface area (Å²) in [6, 6.07) is 0. The lowest BCUT2D eigenvalue weighted by molar-refractivity contribution is -0.163. The molecule has 0 aliphatic carbocycles. The van der Waals surface area contributed by atoms with Gasteiger partial charge in [-0.05, 0) is 83.5 Å². The first kappa shape index (κ1) is 51.3. The molecular weight excluding hydrogens is 669 g/mol. The maximum Gasteiger partial charge on any atom is 0.306 e. The molecule has 310 valence electrons. The van der Waals surface area contributed by atoms with E-state index < -0.39 is 6.10 Å². The summed E-state index contributed by atoms with van der Waals surface area (Å²) < 4.78 is 17.2. The third-order valence-electron chi connectivity index (χ3n) is 9.21. The van der Waals surface area contributed by atoms with Gasteiger partial charge in [0.1, 0.15) is 6.61 Å². The van der Waals surface area contributed by atoms with E-state index in [0.717, 1.165) is 96.3 Å². The number of rotatable bonds is 40. The number of esters is 2. The molecule has 5 heteroatoms. The fourth-order valence-electron chi connectivity index (χ4n) is 5.89. The second-order valence-electron chi connectivity index (χ2n) is 14.6. The predicted octanol–water partition coefficient (Wildman–Crippen LogP) is 14.8. The number of hydrogen-bond acceptors (Lipinski definition) is 5. The van der Waals surface area contributed by atoms with E-state index in [1.807, 2.05) is 0 Å². The number of carbonyl (C=O) groups is 2. The average Bonchev–Trinajstić information content (AvgIpc) is 3.17. The highest BCUT2D eigenvalue weighted by Crippen LogP contribution is 2.12. The summed E-state index contributed by atoms with van der Waals surface area (Å²) in [7, 11) is 0. The van der Waals surface area contributed by atoms with Crippen molar-refractivity contribution in [1.82, 2.24) is 0 Å². The van der Waals surface area contributed by atoms with Crippen LogP contribution in [0.2, 0.25) is 0 Å². The minimum absolute atomic E-state index is 0.0664. The molecule has 0 radical (unpaired) electrons. The zero-order valence-electron chi connectivity index (χ0n) is 35.5. The lowest BCUT2D eigenvalue weighted by Gasteiger charge is -2.18. The molecule has 5 nitrogen and oxygen atoms in total. The highest BCUT2D eigenvalue weighted by atomic mass is 16.6. The minimum atomic E-state index is -0.549. The Morgan fingerprint density at radius 1 is 0.426 bits per heavy atom. The van der Waals surface area contributed by atoms with Gasteiger partial charge in [-0.3, -0.25) is 9.59 Å². The maximum absolute atomic E-state index is 12.6. The molecule has 0 aliphatic rings. The molecule has 0 saturated heterocycles. The van der Waals surface area contributed by atoms with E-state index in [9.17, 15) is 9.59 Å². The van der Waals surface area contributed by atoms with E-state index in [2.05, 4.69) is 93.7 Å².